The van der Waals surface area contributed by atoms with Crippen molar-refractivity contribution in [3.8, 4) is 0 Å². The summed E-state index contributed by atoms with van der Waals surface area (Å²) in [4.78, 5) is 84.2. The van der Waals surface area contributed by atoms with E-state index < -0.39 is 47.8 Å². The Balaban J connectivity index is 0.000000166. The molecule has 34 heteroatoms. The third-order valence-corrected chi connectivity index (χ3v) is 27.9. The van der Waals surface area contributed by atoms with Crippen molar-refractivity contribution in [3.05, 3.63) is 215 Å². The van der Waals surface area contributed by atoms with E-state index >= 15 is 0 Å². The van der Waals surface area contributed by atoms with Gasteiger partial charge < -0.3 is 31.1 Å². The fraction of sp³-hybridized carbons (Fsp3) is 0.448. The van der Waals surface area contributed by atoms with Crippen LogP contribution in [0.1, 0.15) is 245 Å². The quantitative estimate of drug-likeness (QED) is 0.0591. The SMILES string of the molecule is CC(C)(C)c1ccnc([C@@H]2CC[C@@H]3CN(c4nc(Br)ccc4C(=O)NS(=O)(=O)c4cccc(n4)N2)C(C)(C)C3)c1.CC(C)(C)c1ccnc([C@H]2CC[C@@H]3CN(c4nc(Br)ccc4C(=O)NS(=O)(=O)c4cccc(n4)N2)C(C)(C)C3)c1.CC1(C)C[C@@H](CCC(Nc2cccc(S(=O)(=O)NC(=O)c3ccc(Br)nc3Cl)n2)c2cc(C(C)(C)C)ccn2)CN1. The van der Waals surface area contributed by atoms with E-state index in [9.17, 15) is 39.6 Å². The van der Waals surface area contributed by atoms with E-state index in [1.165, 1.54) is 41.5 Å². The van der Waals surface area contributed by atoms with E-state index in [1.807, 2.05) is 41.5 Å². The highest BCUT2D eigenvalue weighted by Crippen LogP contribution is 2.45. The number of fused-ring (bicyclic) bond motifs is 12. The average molecular weight is 1920 g/mol. The largest absolute Gasteiger partial charge is 0.362 e. The van der Waals surface area contributed by atoms with Gasteiger partial charge >= 0.3 is 0 Å². The van der Waals surface area contributed by atoms with Crippen LogP contribution in [0.4, 0.5) is 29.1 Å². The lowest BCUT2D eigenvalue weighted by molar-refractivity contribution is 0.0972. The normalized spacial score (nSPS) is 20.8. The molecule has 0 radical (unpaired) electrons. The second-order valence-electron chi connectivity index (χ2n) is 36.7. The summed E-state index contributed by atoms with van der Waals surface area (Å²) in [5.41, 5.74) is 5.84. The van der Waals surface area contributed by atoms with Crippen molar-refractivity contribution in [2.45, 2.75) is 228 Å². The molecule has 121 heavy (non-hydrogen) atoms. The topological polar surface area (TPSA) is 360 Å². The number of carbonyl (C=O) groups excluding carboxylic acids is 3. The van der Waals surface area contributed by atoms with Gasteiger partial charge in [0.05, 0.1) is 51.9 Å². The number of nitrogens with zero attached hydrogens (tertiary/aromatic N) is 11. The second-order valence-corrected chi connectivity index (χ2v) is 44.4. The maximum absolute atomic E-state index is 13.4. The van der Waals surface area contributed by atoms with Crippen molar-refractivity contribution in [3.63, 3.8) is 0 Å². The number of amides is 3. The number of nitrogens with one attached hydrogen (secondary N) is 7. The number of hydrogen-bond acceptors (Lipinski definition) is 24. The van der Waals surface area contributed by atoms with Gasteiger partial charge in [0.2, 0.25) is 0 Å². The van der Waals surface area contributed by atoms with Crippen molar-refractivity contribution in [1.29, 1.82) is 0 Å². The fourth-order valence-corrected chi connectivity index (χ4v) is 20.2. The molecule has 8 bridgehead atoms. The van der Waals surface area contributed by atoms with Crippen LogP contribution < -0.4 is 45.2 Å². The Morgan fingerprint density at radius 2 is 1.02 bits per heavy atom. The Morgan fingerprint density at radius 3 is 1.48 bits per heavy atom. The van der Waals surface area contributed by atoms with Gasteiger partial charge in [-0.2, -0.15) is 25.3 Å². The van der Waals surface area contributed by atoms with Crippen LogP contribution in [0.3, 0.4) is 0 Å². The van der Waals surface area contributed by atoms with Crippen molar-refractivity contribution in [2.75, 3.05) is 45.4 Å². The zero-order valence-corrected chi connectivity index (χ0v) is 78.6. The van der Waals surface area contributed by atoms with E-state index in [4.69, 9.17) is 21.6 Å². The maximum atomic E-state index is 13.4. The number of aromatic nitrogens is 9. The zero-order chi connectivity index (χ0) is 87.7. The molecule has 0 saturated carbocycles. The van der Waals surface area contributed by atoms with Gasteiger partial charge in [-0.3, -0.25) is 29.3 Å². The summed E-state index contributed by atoms with van der Waals surface area (Å²) < 4.78 is 87.5. The smallest absolute Gasteiger partial charge is 0.281 e. The predicted octanol–water partition coefficient (Wildman–Crippen LogP) is 17.2. The molecule has 1 unspecified atom stereocenters. The molecule has 0 spiro atoms. The standard InChI is InChI=1S/C29H36BrClN6O3S.2C29H35BrN6O3S/c1-28(2,3)19-13-14-32-22(15-19)21(11-9-18-16-29(4,5)33-17-18)34-24-7-6-8-25(36-24)41(39,40)37-27(38)20-10-12-23(30)35-26(20)31;2*1-28(2,3)19-13-14-31-22(15-19)21-11-9-18-16-29(4,5)36(17-18)26-20(10-12-23(30)33-26)27(37)35-40(38,39)25-8-6-7-24(32-21)34-25/h6-8,10,12-15,18,21,33H,9,11,16-17H2,1-5H3,(H,34,36)(H,37,38);2*6-8,10,12-15,18,21H,9,11,16-17H2,1-5H3,(H,32,34)(H,35,37)/t18-,21?;18-,21+;18-,21-/m100/s1. The highest BCUT2D eigenvalue weighted by molar-refractivity contribution is 9.11. The summed E-state index contributed by atoms with van der Waals surface area (Å²) in [5, 5.41) is 13.0. The molecule has 3 amide bonds. The van der Waals surface area contributed by atoms with Gasteiger partial charge in [-0.25, -0.2) is 44.1 Å². The monoisotopic (exact) mass is 1910 g/mol. The molecule has 644 valence electrons. The number of sulfonamides is 3. The molecule has 14 heterocycles. The Hall–Kier alpha value is -8.70. The molecule has 6 atom stereocenters. The van der Waals surface area contributed by atoms with Crippen molar-refractivity contribution < 1.29 is 39.6 Å². The van der Waals surface area contributed by atoms with E-state index in [0.29, 0.717) is 73.7 Å². The molecule has 3 fully saturated rings. The number of pyridine rings is 9. The summed E-state index contributed by atoms with van der Waals surface area (Å²) in [6.07, 6.45) is 13.4. The fourth-order valence-electron chi connectivity index (χ4n) is 16.2. The van der Waals surface area contributed by atoms with Gasteiger partial charge in [0, 0.05) is 48.3 Å². The number of rotatable bonds is 11. The third kappa shape index (κ3) is 22.8. The lowest BCUT2D eigenvalue weighted by atomic mass is 9.86. The van der Waals surface area contributed by atoms with E-state index in [1.54, 1.807) is 60.7 Å². The van der Waals surface area contributed by atoms with E-state index in [0.717, 1.165) is 87.0 Å². The van der Waals surface area contributed by atoms with Gasteiger partial charge in [-0.15, -0.1) is 0 Å². The van der Waals surface area contributed by atoms with Gasteiger partial charge in [0.1, 0.15) is 48.1 Å². The van der Waals surface area contributed by atoms with Crippen molar-refractivity contribution in [1.82, 2.24) is 64.3 Å². The Bertz CT molecular complexity index is 5500. The van der Waals surface area contributed by atoms with Crippen LogP contribution >= 0.6 is 59.4 Å². The minimum absolute atomic E-state index is 0.0490. The molecular formula is C87H106Br3ClN18O9S3. The van der Waals surface area contributed by atoms with Crippen LogP contribution in [0.2, 0.25) is 5.15 Å². The lowest BCUT2D eigenvalue weighted by Crippen LogP contribution is -2.41. The molecule has 7 N–H and O–H groups in total. The van der Waals surface area contributed by atoms with Crippen molar-refractivity contribution >= 4 is 136 Å². The first-order chi connectivity index (χ1) is 56.6. The molecule has 3 saturated heterocycles. The summed E-state index contributed by atoms with van der Waals surface area (Å²) in [6.45, 7) is 34.8. The van der Waals surface area contributed by atoms with Crippen LogP contribution in [-0.2, 0) is 46.3 Å². The van der Waals surface area contributed by atoms with E-state index in [-0.39, 0.29) is 87.9 Å². The minimum Gasteiger partial charge on any atom is -0.362 e. The minimum atomic E-state index is -4.29. The number of anilines is 5. The third-order valence-electron chi connectivity index (χ3n) is 22.6. The lowest BCUT2D eigenvalue weighted by Gasteiger charge is -2.33. The second kappa shape index (κ2) is 36.2. The Labute approximate surface area is 740 Å². The van der Waals surface area contributed by atoms with Gasteiger partial charge in [0.25, 0.3) is 47.8 Å². The highest BCUT2D eigenvalue weighted by Gasteiger charge is 2.44. The summed E-state index contributed by atoms with van der Waals surface area (Å²) in [5.74, 6) is 0.872. The van der Waals surface area contributed by atoms with Crippen molar-refractivity contribution in [2.24, 2.45) is 17.8 Å². The molecule has 5 aliphatic rings. The zero-order valence-electron chi connectivity index (χ0n) is 70.6. The Morgan fingerprint density at radius 1 is 0.562 bits per heavy atom. The molecule has 9 aromatic rings. The van der Waals surface area contributed by atoms with Gasteiger partial charge in [-0.1, -0.05) is 92.1 Å². The molecule has 0 aromatic carbocycles. The summed E-state index contributed by atoms with van der Waals surface area (Å²) >= 11 is 16.1. The highest BCUT2D eigenvalue weighted by atomic mass is 79.9. The first kappa shape index (κ1) is 91.5. The van der Waals surface area contributed by atoms with Crippen LogP contribution in [0.25, 0.3) is 0 Å². The molecule has 14 rings (SSSR count). The first-order valence-corrected chi connectivity index (χ1v) is 47.6. The molecular weight excluding hydrogens is 1810 g/mol. The maximum Gasteiger partial charge on any atom is 0.281 e. The van der Waals surface area contributed by atoms with Gasteiger partial charge in [-0.05, 0) is 314 Å². The van der Waals surface area contributed by atoms with Crippen LogP contribution in [0.5, 0.6) is 0 Å². The number of carbonyl (C=O) groups is 3. The average Bonchev–Trinajstić information content (AvgIpc) is 1.64. The number of hydrogen-bond donors (Lipinski definition) is 7. The predicted molar refractivity (Wildman–Crippen MR) is 482 cm³/mol. The van der Waals surface area contributed by atoms with Crippen LogP contribution in [0.15, 0.2) is 175 Å². The number of halogens is 4. The van der Waals surface area contributed by atoms with E-state index in [2.05, 4.69) is 245 Å². The Kier molecular flexibility index (Phi) is 27.4. The molecule has 0 aliphatic carbocycles. The van der Waals surface area contributed by atoms with Crippen LogP contribution in [0, 0.1) is 17.8 Å². The summed E-state index contributed by atoms with van der Waals surface area (Å²) in [7, 11) is -12.8. The molecule has 9 aromatic heterocycles. The van der Waals surface area contributed by atoms with Gasteiger partial charge in [0.15, 0.2) is 15.1 Å². The molecule has 5 aliphatic heterocycles. The van der Waals surface area contributed by atoms with Crippen LogP contribution in [-0.4, -0.2) is 124 Å². The summed E-state index contributed by atoms with van der Waals surface area (Å²) in [6, 6.07) is 35.3. The molecule has 27 nitrogen and oxygen atoms in total. The first-order valence-electron chi connectivity index (χ1n) is 40.4.